The number of piperidine rings is 1. The molecular weight excluding hydrogens is 151 g/mol. The fraction of sp³-hybridized carbons (Fsp3) is 1.00. The summed E-state index contributed by atoms with van der Waals surface area (Å²) in [6, 6.07) is 0. The fourth-order valence-corrected chi connectivity index (χ4v) is 0.771. The van der Waals surface area contributed by atoms with E-state index in [2.05, 4.69) is 5.32 Å². The normalized spacial score (nSPS) is 24.7. The molecule has 48 valence electrons. The molecule has 0 aromatic heterocycles. The number of halogens is 2. The van der Waals surface area contributed by atoms with Crippen molar-refractivity contribution >= 4 is 0 Å². The van der Waals surface area contributed by atoms with Gasteiger partial charge >= 0.3 is 51.4 Å². The first-order chi connectivity index (χ1) is 3.71. The minimum atomic E-state index is -2.49. The molecule has 1 aliphatic rings. The Morgan fingerprint density at radius 2 is 2.00 bits per heavy atom. The smallest absolute Gasteiger partial charge is 0.657 e. The molecule has 0 atom stereocenters. The molecular formula is C5H8F2KN. The molecule has 1 saturated heterocycles. The third-order valence-corrected chi connectivity index (χ3v) is 1.20. The van der Waals surface area contributed by atoms with Crippen molar-refractivity contribution in [3.63, 3.8) is 0 Å². The fourth-order valence-electron chi connectivity index (χ4n) is 0.771. The number of alkyl halides is 2. The van der Waals surface area contributed by atoms with Crippen molar-refractivity contribution in [2.75, 3.05) is 13.1 Å². The Kier molecular flexibility index (Phi) is 5.06. The second-order valence-corrected chi connectivity index (χ2v) is 2.06. The molecule has 0 N–H and O–H groups in total. The van der Waals surface area contributed by atoms with Crippen LogP contribution in [0.15, 0.2) is 0 Å². The first-order valence-electron chi connectivity index (χ1n) is 2.72. The van der Waals surface area contributed by atoms with Gasteiger partial charge in [0.1, 0.15) is 0 Å². The van der Waals surface area contributed by atoms with Crippen molar-refractivity contribution in [2.24, 2.45) is 0 Å². The summed E-state index contributed by atoms with van der Waals surface area (Å²) in [7, 11) is 0. The number of hydrogen-bond acceptors (Lipinski definition) is 0. The van der Waals surface area contributed by atoms with Gasteiger partial charge in [0.05, 0.1) is 0 Å². The van der Waals surface area contributed by atoms with Crippen molar-refractivity contribution in [1.29, 1.82) is 0 Å². The van der Waals surface area contributed by atoms with E-state index in [9.17, 15) is 8.78 Å². The third kappa shape index (κ3) is 4.01. The molecule has 0 amide bonds. The van der Waals surface area contributed by atoms with Gasteiger partial charge in [-0.25, -0.2) is 8.78 Å². The topological polar surface area (TPSA) is 14.1 Å². The van der Waals surface area contributed by atoms with Crippen LogP contribution < -0.4 is 51.4 Å². The van der Waals surface area contributed by atoms with Gasteiger partial charge in [-0.15, -0.1) is 6.54 Å². The van der Waals surface area contributed by atoms with Gasteiger partial charge in [-0.2, -0.15) is 0 Å². The van der Waals surface area contributed by atoms with Gasteiger partial charge in [0.15, 0.2) is 0 Å². The van der Waals surface area contributed by atoms with Crippen LogP contribution in [0, 0.1) is 0 Å². The van der Waals surface area contributed by atoms with Crippen molar-refractivity contribution in [3.05, 3.63) is 5.32 Å². The molecule has 0 bridgehead atoms. The van der Waals surface area contributed by atoms with Crippen LogP contribution in [0.5, 0.6) is 0 Å². The molecule has 4 heteroatoms. The Hall–Kier alpha value is 1.46. The molecule has 0 aromatic carbocycles. The monoisotopic (exact) mass is 159 g/mol. The summed E-state index contributed by atoms with van der Waals surface area (Å²) in [6.07, 6.45) is 0.573. The molecule has 0 radical (unpaired) electrons. The first kappa shape index (κ1) is 10.5. The van der Waals surface area contributed by atoms with Gasteiger partial charge in [-0.3, -0.25) is 0 Å². The van der Waals surface area contributed by atoms with E-state index < -0.39 is 5.92 Å². The Morgan fingerprint density at radius 3 is 2.22 bits per heavy atom. The van der Waals surface area contributed by atoms with Crippen molar-refractivity contribution in [2.45, 2.75) is 18.8 Å². The first-order valence-corrected chi connectivity index (χ1v) is 2.72. The summed E-state index contributed by atoms with van der Waals surface area (Å²) in [5.74, 6) is -2.49. The maximum Gasteiger partial charge on any atom is 1.00 e. The molecule has 1 heterocycles. The van der Waals surface area contributed by atoms with E-state index in [-0.39, 0.29) is 64.4 Å². The third-order valence-electron chi connectivity index (χ3n) is 1.20. The zero-order valence-electron chi connectivity index (χ0n) is 5.53. The summed E-state index contributed by atoms with van der Waals surface area (Å²) in [6.45, 7) is 0.364. The van der Waals surface area contributed by atoms with Crippen LogP contribution in [0.1, 0.15) is 12.8 Å². The molecule has 0 aromatic rings. The standard InChI is InChI=1S/C5H8F2N.K/c6-5(7)2-1-3-8-4-5;/h1-4H2;/q-1;+1. The van der Waals surface area contributed by atoms with E-state index in [1.807, 2.05) is 0 Å². The van der Waals surface area contributed by atoms with Gasteiger partial charge in [-0.1, -0.05) is 13.0 Å². The van der Waals surface area contributed by atoms with E-state index >= 15 is 0 Å². The molecule has 1 aliphatic heterocycles. The van der Waals surface area contributed by atoms with Crippen LogP contribution in [-0.2, 0) is 0 Å². The van der Waals surface area contributed by atoms with E-state index in [1.54, 1.807) is 0 Å². The summed E-state index contributed by atoms with van der Waals surface area (Å²) < 4.78 is 24.2. The molecule has 9 heavy (non-hydrogen) atoms. The summed E-state index contributed by atoms with van der Waals surface area (Å²) in [5, 5.41) is 3.58. The predicted molar refractivity (Wildman–Crippen MR) is 27.3 cm³/mol. The zero-order valence-corrected chi connectivity index (χ0v) is 8.65. The van der Waals surface area contributed by atoms with E-state index in [4.69, 9.17) is 0 Å². The van der Waals surface area contributed by atoms with E-state index in [1.165, 1.54) is 0 Å². The van der Waals surface area contributed by atoms with Crippen LogP contribution >= 0.6 is 0 Å². The molecule has 1 rings (SSSR count). The van der Waals surface area contributed by atoms with Crippen LogP contribution in [0.25, 0.3) is 5.32 Å². The Labute approximate surface area is 96.0 Å². The van der Waals surface area contributed by atoms with Crippen LogP contribution in [0.2, 0.25) is 0 Å². The van der Waals surface area contributed by atoms with Crippen LogP contribution in [0.4, 0.5) is 8.78 Å². The molecule has 0 unspecified atom stereocenters. The quantitative estimate of drug-likeness (QED) is 0.394. The van der Waals surface area contributed by atoms with Crippen molar-refractivity contribution in [1.82, 2.24) is 0 Å². The van der Waals surface area contributed by atoms with Gasteiger partial charge in [0.2, 0.25) is 5.92 Å². The predicted octanol–water partition coefficient (Wildman–Crippen LogP) is -1.21. The van der Waals surface area contributed by atoms with Crippen LogP contribution in [0.3, 0.4) is 0 Å². The molecule has 0 spiro atoms. The Balaban J connectivity index is 0.000000640. The van der Waals surface area contributed by atoms with Gasteiger partial charge in [0, 0.05) is 6.42 Å². The SMILES string of the molecule is FC1(F)CCC[N-]C1.[K+]. The minimum Gasteiger partial charge on any atom is -0.657 e. The maximum absolute atomic E-state index is 12.1. The average molecular weight is 159 g/mol. The van der Waals surface area contributed by atoms with Gasteiger partial charge in [0.25, 0.3) is 0 Å². The van der Waals surface area contributed by atoms with E-state index in [0.717, 1.165) is 0 Å². The van der Waals surface area contributed by atoms with Crippen molar-refractivity contribution < 1.29 is 60.2 Å². The van der Waals surface area contributed by atoms with Crippen LogP contribution in [-0.4, -0.2) is 19.0 Å². The molecule has 1 fully saturated rings. The summed E-state index contributed by atoms with van der Waals surface area (Å²) in [5.41, 5.74) is 0. The zero-order chi connectivity index (χ0) is 6.04. The second-order valence-electron chi connectivity index (χ2n) is 2.06. The summed E-state index contributed by atoms with van der Waals surface area (Å²) in [4.78, 5) is 0. The Bertz CT molecular complexity index is 79.0. The number of nitrogens with zero attached hydrogens (tertiary/aromatic N) is 1. The summed E-state index contributed by atoms with van der Waals surface area (Å²) >= 11 is 0. The average Bonchev–Trinajstić information content (AvgIpc) is 1.65. The molecule has 1 nitrogen and oxygen atoms in total. The second kappa shape index (κ2) is 4.36. The number of hydrogen-bond donors (Lipinski definition) is 0. The molecule has 0 aliphatic carbocycles. The Morgan fingerprint density at radius 1 is 1.33 bits per heavy atom. The van der Waals surface area contributed by atoms with E-state index in [0.29, 0.717) is 13.0 Å². The minimum absolute atomic E-state index is 0. The van der Waals surface area contributed by atoms with Crippen molar-refractivity contribution in [3.8, 4) is 0 Å². The molecule has 0 saturated carbocycles. The largest absolute Gasteiger partial charge is 1.00 e. The number of rotatable bonds is 0. The maximum atomic E-state index is 12.1. The van der Waals surface area contributed by atoms with Gasteiger partial charge < -0.3 is 5.32 Å². The van der Waals surface area contributed by atoms with Gasteiger partial charge in [-0.05, 0) is 0 Å².